The fraction of sp³-hybridized carbons (Fsp3) is 0.235. The molecular weight excluding hydrogens is 264 g/mol. The normalized spacial score (nSPS) is 10.1. The lowest BCUT2D eigenvalue weighted by Gasteiger charge is -2.08. The molecule has 110 valence electrons. The van der Waals surface area contributed by atoms with E-state index in [-0.39, 0.29) is 5.91 Å². The second-order valence-electron chi connectivity index (χ2n) is 4.76. The zero-order chi connectivity index (χ0) is 14.9. The lowest BCUT2D eigenvalue weighted by Crippen LogP contribution is -2.28. The summed E-state index contributed by atoms with van der Waals surface area (Å²) in [5.74, 6) is 0.753. The average molecular weight is 284 g/mol. The fourth-order valence-corrected chi connectivity index (χ4v) is 1.95. The van der Waals surface area contributed by atoms with Crippen molar-refractivity contribution in [3.8, 4) is 5.75 Å². The third-order valence-corrected chi connectivity index (χ3v) is 3.03. The summed E-state index contributed by atoms with van der Waals surface area (Å²) in [5.41, 5.74) is 7.49. The van der Waals surface area contributed by atoms with Crippen LogP contribution >= 0.6 is 0 Å². The first-order valence-corrected chi connectivity index (χ1v) is 7.03. The SMILES string of the molecule is Nc1cccc(OCCNC(=O)CCc2ccccc2)c1. The minimum atomic E-state index is 0.0371. The van der Waals surface area contributed by atoms with Crippen LogP contribution in [0.25, 0.3) is 0 Å². The van der Waals surface area contributed by atoms with Gasteiger partial charge in [-0.2, -0.15) is 0 Å². The minimum Gasteiger partial charge on any atom is -0.492 e. The van der Waals surface area contributed by atoms with Crippen LogP contribution in [-0.4, -0.2) is 19.1 Å². The first kappa shape index (κ1) is 14.9. The number of benzene rings is 2. The van der Waals surface area contributed by atoms with E-state index in [1.807, 2.05) is 42.5 Å². The van der Waals surface area contributed by atoms with E-state index in [9.17, 15) is 4.79 Å². The van der Waals surface area contributed by atoms with Crippen molar-refractivity contribution < 1.29 is 9.53 Å². The van der Waals surface area contributed by atoms with Gasteiger partial charge in [0.25, 0.3) is 0 Å². The highest BCUT2D eigenvalue weighted by Gasteiger charge is 2.01. The summed E-state index contributed by atoms with van der Waals surface area (Å²) in [6.07, 6.45) is 1.24. The number of anilines is 1. The highest BCUT2D eigenvalue weighted by molar-refractivity contribution is 5.76. The number of carbonyl (C=O) groups excluding carboxylic acids is 1. The van der Waals surface area contributed by atoms with Crippen molar-refractivity contribution in [3.05, 3.63) is 60.2 Å². The standard InChI is InChI=1S/C17H20N2O2/c18-15-7-4-8-16(13-15)21-12-11-19-17(20)10-9-14-5-2-1-3-6-14/h1-8,13H,9-12,18H2,(H,19,20). The molecule has 0 aliphatic carbocycles. The molecule has 0 saturated heterocycles. The van der Waals surface area contributed by atoms with Crippen LogP contribution in [-0.2, 0) is 11.2 Å². The lowest BCUT2D eigenvalue weighted by atomic mass is 10.1. The summed E-state index contributed by atoms with van der Waals surface area (Å²) < 4.78 is 5.51. The Morgan fingerprint density at radius 3 is 2.67 bits per heavy atom. The Hall–Kier alpha value is -2.49. The van der Waals surface area contributed by atoms with Gasteiger partial charge in [0.2, 0.25) is 5.91 Å². The summed E-state index contributed by atoms with van der Waals surface area (Å²) in [6.45, 7) is 0.920. The molecule has 1 amide bonds. The molecule has 0 saturated carbocycles. The van der Waals surface area contributed by atoms with Gasteiger partial charge in [-0.15, -0.1) is 0 Å². The summed E-state index contributed by atoms with van der Waals surface area (Å²) in [5, 5.41) is 2.84. The van der Waals surface area contributed by atoms with E-state index in [2.05, 4.69) is 5.32 Å². The number of amides is 1. The van der Waals surface area contributed by atoms with E-state index in [1.54, 1.807) is 12.1 Å². The first-order valence-electron chi connectivity index (χ1n) is 7.03. The fourth-order valence-electron chi connectivity index (χ4n) is 1.95. The van der Waals surface area contributed by atoms with Crippen LogP contribution in [0.4, 0.5) is 5.69 Å². The predicted octanol–water partition coefficient (Wildman–Crippen LogP) is 2.40. The average Bonchev–Trinajstić information content (AvgIpc) is 2.51. The van der Waals surface area contributed by atoms with E-state index in [4.69, 9.17) is 10.5 Å². The molecule has 4 nitrogen and oxygen atoms in total. The lowest BCUT2D eigenvalue weighted by molar-refractivity contribution is -0.121. The maximum atomic E-state index is 11.7. The molecular formula is C17H20N2O2. The number of ether oxygens (including phenoxy) is 1. The van der Waals surface area contributed by atoms with Crippen LogP contribution in [0.2, 0.25) is 0 Å². The van der Waals surface area contributed by atoms with Gasteiger partial charge in [0.05, 0.1) is 6.54 Å². The molecule has 0 unspecified atom stereocenters. The van der Waals surface area contributed by atoms with E-state index < -0.39 is 0 Å². The van der Waals surface area contributed by atoms with Crippen LogP contribution < -0.4 is 15.8 Å². The number of hydrogen-bond acceptors (Lipinski definition) is 3. The molecule has 0 heterocycles. The summed E-state index contributed by atoms with van der Waals surface area (Å²) in [4.78, 5) is 11.7. The summed E-state index contributed by atoms with van der Waals surface area (Å²) in [6, 6.07) is 17.2. The Morgan fingerprint density at radius 1 is 1.10 bits per heavy atom. The molecule has 0 aliphatic rings. The first-order chi connectivity index (χ1) is 10.2. The van der Waals surface area contributed by atoms with Crippen molar-refractivity contribution >= 4 is 11.6 Å². The van der Waals surface area contributed by atoms with E-state index in [0.29, 0.717) is 31.0 Å². The topological polar surface area (TPSA) is 64.3 Å². The molecule has 0 fully saturated rings. The van der Waals surface area contributed by atoms with Gasteiger partial charge in [0.15, 0.2) is 0 Å². The monoisotopic (exact) mass is 284 g/mol. The molecule has 0 bridgehead atoms. The van der Waals surface area contributed by atoms with Gasteiger partial charge >= 0.3 is 0 Å². The number of nitrogen functional groups attached to an aromatic ring is 1. The molecule has 0 aliphatic heterocycles. The van der Waals surface area contributed by atoms with Crippen molar-refractivity contribution in [1.82, 2.24) is 5.32 Å². The molecule has 2 rings (SSSR count). The van der Waals surface area contributed by atoms with Gasteiger partial charge in [0.1, 0.15) is 12.4 Å². The Morgan fingerprint density at radius 2 is 1.90 bits per heavy atom. The summed E-state index contributed by atoms with van der Waals surface area (Å²) >= 11 is 0. The van der Waals surface area contributed by atoms with Crippen LogP contribution in [0, 0.1) is 0 Å². The van der Waals surface area contributed by atoms with Gasteiger partial charge in [-0.3, -0.25) is 4.79 Å². The molecule has 4 heteroatoms. The van der Waals surface area contributed by atoms with Crippen molar-refractivity contribution in [3.63, 3.8) is 0 Å². The molecule has 0 radical (unpaired) electrons. The molecule has 0 atom stereocenters. The number of rotatable bonds is 7. The second-order valence-corrected chi connectivity index (χ2v) is 4.76. The van der Waals surface area contributed by atoms with Gasteiger partial charge in [-0.1, -0.05) is 36.4 Å². The van der Waals surface area contributed by atoms with Gasteiger partial charge < -0.3 is 15.8 Å². The maximum Gasteiger partial charge on any atom is 0.220 e. The second kappa shape index (κ2) is 7.94. The van der Waals surface area contributed by atoms with Crippen molar-refractivity contribution in [2.75, 3.05) is 18.9 Å². The molecule has 3 N–H and O–H groups in total. The highest BCUT2D eigenvalue weighted by atomic mass is 16.5. The zero-order valence-electron chi connectivity index (χ0n) is 11.9. The number of nitrogens with two attached hydrogens (primary N) is 1. The smallest absolute Gasteiger partial charge is 0.220 e. The van der Waals surface area contributed by atoms with Crippen LogP contribution in [0.3, 0.4) is 0 Å². The van der Waals surface area contributed by atoms with Gasteiger partial charge in [-0.05, 0) is 24.1 Å². The van der Waals surface area contributed by atoms with E-state index >= 15 is 0 Å². The maximum absolute atomic E-state index is 11.7. The van der Waals surface area contributed by atoms with Gasteiger partial charge in [-0.25, -0.2) is 0 Å². The molecule has 21 heavy (non-hydrogen) atoms. The Balaban J connectivity index is 1.61. The largest absolute Gasteiger partial charge is 0.492 e. The minimum absolute atomic E-state index is 0.0371. The van der Waals surface area contributed by atoms with Crippen molar-refractivity contribution in [1.29, 1.82) is 0 Å². The number of hydrogen-bond donors (Lipinski definition) is 2. The van der Waals surface area contributed by atoms with E-state index in [1.165, 1.54) is 5.56 Å². The number of nitrogens with one attached hydrogen (secondary N) is 1. The predicted molar refractivity (Wildman–Crippen MR) is 84.1 cm³/mol. The van der Waals surface area contributed by atoms with Crippen molar-refractivity contribution in [2.24, 2.45) is 0 Å². The highest BCUT2D eigenvalue weighted by Crippen LogP contribution is 2.13. The van der Waals surface area contributed by atoms with Crippen LogP contribution in [0.1, 0.15) is 12.0 Å². The van der Waals surface area contributed by atoms with E-state index in [0.717, 1.165) is 6.42 Å². The quantitative estimate of drug-likeness (QED) is 0.606. The van der Waals surface area contributed by atoms with Crippen LogP contribution in [0.15, 0.2) is 54.6 Å². The van der Waals surface area contributed by atoms with Crippen molar-refractivity contribution in [2.45, 2.75) is 12.8 Å². The molecule has 2 aromatic rings. The number of aryl methyl sites for hydroxylation is 1. The Labute approximate surface area is 124 Å². The third-order valence-electron chi connectivity index (χ3n) is 3.03. The third kappa shape index (κ3) is 5.57. The molecule has 0 aromatic heterocycles. The summed E-state index contributed by atoms with van der Waals surface area (Å²) in [7, 11) is 0. The van der Waals surface area contributed by atoms with Crippen LogP contribution in [0.5, 0.6) is 5.75 Å². The molecule has 0 spiro atoms. The molecule has 2 aromatic carbocycles. The Bertz CT molecular complexity index is 570. The Kier molecular flexibility index (Phi) is 5.64. The number of carbonyl (C=O) groups is 1. The van der Waals surface area contributed by atoms with Gasteiger partial charge in [0, 0.05) is 18.2 Å². The zero-order valence-corrected chi connectivity index (χ0v) is 11.9.